The average Bonchev–Trinajstić information content (AvgIpc) is 2.34. The SMILES string of the molecule is CCNC(=S)N/N=C/c1cc(Br)c(OCC)c(Br)c1. The van der Waals surface area contributed by atoms with Crippen LogP contribution in [-0.4, -0.2) is 24.5 Å². The fraction of sp³-hybridized carbons (Fsp3) is 0.333. The lowest BCUT2D eigenvalue weighted by molar-refractivity contribution is 0.336. The van der Waals surface area contributed by atoms with Crippen LogP contribution < -0.4 is 15.5 Å². The van der Waals surface area contributed by atoms with E-state index in [2.05, 4.69) is 47.7 Å². The van der Waals surface area contributed by atoms with Gasteiger partial charge in [0.05, 0.1) is 21.8 Å². The minimum Gasteiger partial charge on any atom is -0.492 e. The van der Waals surface area contributed by atoms with E-state index in [1.54, 1.807) is 6.21 Å². The summed E-state index contributed by atoms with van der Waals surface area (Å²) in [5.74, 6) is 0.788. The summed E-state index contributed by atoms with van der Waals surface area (Å²) >= 11 is 11.9. The molecule has 1 aromatic rings. The molecular weight excluding hydrogens is 394 g/mol. The van der Waals surface area contributed by atoms with E-state index in [1.807, 2.05) is 26.0 Å². The second-order valence-electron chi connectivity index (χ2n) is 3.48. The zero-order valence-corrected chi connectivity index (χ0v) is 14.7. The summed E-state index contributed by atoms with van der Waals surface area (Å²) in [6, 6.07) is 3.86. The molecule has 0 aliphatic rings. The van der Waals surface area contributed by atoms with Gasteiger partial charge in [-0.3, -0.25) is 5.43 Å². The molecule has 4 nitrogen and oxygen atoms in total. The van der Waals surface area contributed by atoms with Crippen LogP contribution >= 0.6 is 44.1 Å². The Morgan fingerprint density at radius 2 is 2.00 bits per heavy atom. The highest BCUT2D eigenvalue weighted by Gasteiger charge is 2.07. The molecule has 0 unspecified atom stereocenters. The summed E-state index contributed by atoms with van der Waals surface area (Å²) in [7, 11) is 0. The van der Waals surface area contributed by atoms with Gasteiger partial charge in [-0.1, -0.05) is 0 Å². The maximum Gasteiger partial charge on any atom is 0.186 e. The Balaban J connectivity index is 2.75. The summed E-state index contributed by atoms with van der Waals surface area (Å²) in [5.41, 5.74) is 3.66. The van der Waals surface area contributed by atoms with Gasteiger partial charge in [-0.2, -0.15) is 5.10 Å². The van der Waals surface area contributed by atoms with Crippen molar-refractivity contribution in [2.75, 3.05) is 13.2 Å². The summed E-state index contributed by atoms with van der Waals surface area (Å²) in [6.07, 6.45) is 1.69. The lowest BCUT2D eigenvalue weighted by atomic mass is 10.2. The second kappa shape index (κ2) is 8.50. The Morgan fingerprint density at radius 3 is 2.53 bits per heavy atom. The smallest absolute Gasteiger partial charge is 0.186 e. The van der Waals surface area contributed by atoms with Crippen molar-refractivity contribution in [3.8, 4) is 5.75 Å². The molecule has 104 valence electrons. The molecule has 7 heteroatoms. The van der Waals surface area contributed by atoms with Gasteiger partial charge in [0.2, 0.25) is 0 Å². The molecule has 1 rings (SSSR count). The van der Waals surface area contributed by atoms with E-state index in [-0.39, 0.29) is 0 Å². The molecule has 0 aliphatic carbocycles. The highest BCUT2D eigenvalue weighted by atomic mass is 79.9. The molecule has 19 heavy (non-hydrogen) atoms. The number of thiocarbonyl (C=S) groups is 1. The number of ether oxygens (including phenoxy) is 1. The summed E-state index contributed by atoms with van der Waals surface area (Å²) in [4.78, 5) is 0. The molecule has 0 spiro atoms. The molecule has 0 atom stereocenters. The van der Waals surface area contributed by atoms with Gasteiger partial charge in [-0.15, -0.1) is 0 Å². The summed E-state index contributed by atoms with van der Waals surface area (Å²) in [5, 5.41) is 7.51. The van der Waals surface area contributed by atoms with E-state index < -0.39 is 0 Å². The third-order valence-electron chi connectivity index (χ3n) is 2.03. The number of halogens is 2. The molecule has 0 fully saturated rings. The lowest BCUT2D eigenvalue weighted by Crippen LogP contribution is -2.31. The van der Waals surface area contributed by atoms with Crippen LogP contribution in [0, 0.1) is 0 Å². The molecule has 0 saturated heterocycles. The highest BCUT2D eigenvalue weighted by molar-refractivity contribution is 9.11. The summed E-state index contributed by atoms with van der Waals surface area (Å²) in [6.45, 7) is 5.29. The predicted octanol–water partition coefficient (Wildman–Crippen LogP) is 3.43. The van der Waals surface area contributed by atoms with E-state index in [4.69, 9.17) is 17.0 Å². The molecule has 0 heterocycles. The van der Waals surface area contributed by atoms with Crippen LogP contribution in [0.25, 0.3) is 0 Å². The van der Waals surface area contributed by atoms with Crippen LogP contribution in [0.4, 0.5) is 0 Å². The Morgan fingerprint density at radius 1 is 1.37 bits per heavy atom. The second-order valence-corrected chi connectivity index (χ2v) is 5.59. The third kappa shape index (κ3) is 5.46. The first kappa shape index (κ1) is 16.4. The summed E-state index contributed by atoms with van der Waals surface area (Å²) < 4.78 is 7.26. The number of hydrazone groups is 1. The fourth-order valence-electron chi connectivity index (χ4n) is 1.30. The van der Waals surface area contributed by atoms with Crippen molar-refractivity contribution in [2.24, 2.45) is 5.10 Å². The van der Waals surface area contributed by atoms with Gasteiger partial charge in [0.15, 0.2) is 5.11 Å². The van der Waals surface area contributed by atoms with Crippen molar-refractivity contribution in [3.05, 3.63) is 26.6 Å². The number of nitrogens with one attached hydrogen (secondary N) is 2. The van der Waals surface area contributed by atoms with Crippen molar-refractivity contribution in [1.82, 2.24) is 10.7 Å². The Labute approximate surface area is 135 Å². The third-order valence-corrected chi connectivity index (χ3v) is 3.44. The molecular formula is C12H15Br2N3OS. The van der Waals surface area contributed by atoms with Gasteiger partial charge in [-0.25, -0.2) is 0 Å². The van der Waals surface area contributed by atoms with Crippen LogP contribution in [0.2, 0.25) is 0 Å². The standard InChI is InChI=1S/C12H15Br2N3OS/c1-3-15-12(19)17-16-7-8-5-9(13)11(18-4-2)10(14)6-8/h5-7H,3-4H2,1-2H3,(H2,15,17,19)/b16-7+. The normalized spacial score (nSPS) is 10.5. The van der Waals surface area contributed by atoms with E-state index in [1.165, 1.54) is 0 Å². The molecule has 0 aromatic heterocycles. The van der Waals surface area contributed by atoms with Gasteiger partial charge < -0.3 is 10.1 Å². The Hall–Kier alpha value is -0.660. The zero-order valence-electron chi connectivity index (χ0n) is 10.7. The number of benzene rings is 1. The van der Waals surface area contributed by atoms with Crippen LogP contribution in [0.3, 0.4) is 0 Å². The number of hydrogen-bond donors (Lipinski definition) is 2. The average molecular weight is 409 g/mol. The maximum absolute atomic E-state index is 5.51. The Bertz CT molecular complexity index is 457. The largest absolute Gasteiger partial charge is 0.492 e. The van der Waals surface area contributed by atoms with Crippen molar-refractivity contribution in [1.29, 1.82) is 0 Å². The van der Waals surface area contributed by atoms with Gasteiger partial charge in [0.25, 0.3) is 0 Å². The Kier molecular flexibility index (Phi) is 7.33. The molecule has 0 aliphatic heterocycles. The molecule has 0 amide bonds. The topological polar surface area (TPSA) is 45.7 Å². The maximum atomic E-state index is 5.51. The van der Waals surface area contributed by atoms with E-state index in [0.29, 0.717) is 11.7 Å². The number of hydrogen-bond acceptors (Lipinski definition) is 3. The minimum atomic E-state index is 0.503. The van der Waals surface area contributed by atoms with Crippen molar-refractivity contribution in [2.45, 2.75) is 13.8 Å². The van der Waals surface area contributed by atoms with Crippen LogP contribution in [0.5, 0.6) is 5.75 Å². The van der Waals surface area contributed by atoms with Gasteiger partial charge in [0, 0.05) is 6.54 Å². The first-order chi connectivity index (χ1) is 9.08. The zero-order chi connectivity index (χ0) is 14.3. The fourth-order valence-corrected chi connectivity index (χ4v) is 2.95. The molecule has 0 radical (unpaired) electrons. The molecule has 2 N–H and O–H groups in total. The van der Waals surface area contributed by atoms with Crippen molar-refractivity contribution >= 4 is 55.4 Å². The van der Waals surface area contributed by atoms with Crippen molar-refractivity contribution < 1.29 is 4.74 Å². The van der Waals surface area contributed by atoms with Gasteiger partial charge in [-0.05, 0) is 75.6 Å². The van der Waals surface area contributed by atoms with Crippen LogP contribution in [0.1, 0.15) is 19.4 Å². The molecule has 0 saturated carbocycles. The molecule has 0 bridgehead atoms. The lowest BCUT2D eigenvalue weighted by Gasteiger charge is -2.09. The van der Waals surface area contributed by atoms with Gasteiger partial charge in [0.1, 0.15) is 5.75 Å². The quantitative estimate of drug-likeness (QED) is 0.445. The highest BCUT2D eigenvalue weighted by Crippen LogP contribution is 2.34. The minimum absolute atomic E-state index is 0.503. The van der Waals surface area contributed by atoms with E-state index in [9.17, 15) is 0 Å². The van der Waals surface area contributed by atoms with Crippen molar-refractivity contribution in [3.63, 3.8) is 0 Å². The number of nitrogens with zero attached hydrogens (tertiary/aromatic N) is 1. The van der Waals surface area contributed by atoms with Crippen LogP contribution in [-0.2, 0) is 0 Å². The van der Waals surface area contributed by atoms with E-state index >= 15 is 0 Å². The number of rotatable bonds is 5. The van der Waals surface area contributed by atoms with Gasteiger partial charge >= 0.3 is 0 Å². The first-order valence-electron chi connectivity index (χ1n) is 5.77. The van der Waals surface area contributed by atoms with Crippen LogP contribution in [0.15, 0.2) is 26.2 Å². The predicted molar refractivity (Wildman–Crippen MR) is 90.0 cm³/mol. The monoisotopic (exact) mass is 407 g/mol. The van der Waals surface area contributed by atoms with E-state index in [0.717, 1.165) is 26.8 Å². The molecule has 1 aromatic carbocycles. The first-order valence-corrected chi connectivity index (χ1v) is 7.76.